The Morgan fingerprint density at radius 3 is 2.93 bits per heavy atom. The molecular weight excluding hydrogens is 354 g/mol. The van der Waals surface area contributed by atoms with Gasteiger partial charge < -0.3 is 10.6 Å². The molecular formula is C20H25N7O. The highest BCUT2D eigenvalue weighted by atomic mass is 16.2. The lowest BCUT2D eigenvalue weighted by molar-refractivity contribution is 0.0700. The Labute approximate surface area is 163 Å². The summed E-state index contributed by atoms with van der Waals surface area (Å²) in [4.78, 5) is 14.7. The van der Waals surface area contributed by atoms with E-state index < -0.39 is 0 Å². The number of aromatic nitrogens is 5. The normalized spacial score (nSPS) is 17.1. The van der Waals surface area contributed by atoms with Crippen LogP contribution in [0.1, 0.15) is 40.5 Å². The number of nitrogens with zero attached hydrogens (tertiary/aromatic N) is 5. The molecule has 0 bridgehead atoms. The van der Waals surface area contributed by atoms with Crippen LogP contribution in [-0.4, -0.2) is 55.6 Å². The number of hydrogen-bond acceptors (Lipinski definition) is 5. The number of aromatic amines is 1. The smallest absolute Gasteiger partial charge is 0.276 e. The Bertz CT molecular complexity index is 944. The molecule has 0 spiro atoms. The third-order valence-corrected chi connectivity index (χ3v) is 5.26. The molecule has 3 heterocycles. The predicted molar refractivity (Wildman–Crippen MR) is 106 cm³/mol. The number of amides is 1. The van der Waals surface area contributed by atoms with Gasteiger partial charge in [-0.15, -0.1) is 5.10 Å². The molecule has 1 aromatic carbocycles. The first-order chi connectivity index (χ1) is 13.7. The average molecular weight is 379 g/mol. The zero-order valence-corrected chi connectivity index (χ0v) is 16.0. The maximum Gasteiger partial charge on any atom is 0.276 e. The van der Waals surface area contributed by atoms with Gasteiger partial charge in [0.15, 0.2) is 5.69 Å². The van der Waals surface area contributed by atoms with Gasteiger partial charge in [0.05, 0.1) is 18.9 Å². The van der Waals surface area contributed by atoms with E-state index in [0.717, 1.165) is 36.2 Å². The molecule has 1 aliphatic heterocycles. The molecule has 0 saturated carbocycles. The molecule has 28 heavy (non-hydrogen) atoms. The van der Waals surface area contributed by atoms with Crippen molar-refractivity contribution >= 4 is 5.91 Å². The van der Waals surface area contributed by atoms with Gasteiger partial charge in [-0.1, -0.05) is 35.0 Å². The summed E-state index contributed by atoms with van der Waals surface area (Å²) in [6, 6.07) is 8.44. The fourth-order valence-corrected chi connectivity index (χ4v) is 3.77. The third kappa shape index (κ3) is 3.68. The summed E-state index contributed by atoms with van der Waals surface area (Å²) in [7, 11) is 0. The minimum atomic E-state index is -0.0793. The number of aryl methyl sites for hydroxylation is 1. The fourth-order valence-electron chi connectivity index (χ4n) is 3.77. The van der Waals surface area contributed by atoms with Crippen LogP contribution in [0.15, 0.2) is 36.7 Å². The summed E-state index contributed by atoms with van der Waals surface area (Å²) in [5.41, 5.74) is 10.5. The molecule has 1 saturated heterocycles. The lowest BCUT2D eigenvalue weighted by atomic mass is 9.90. The molecule has 3 aromatic rings. The van der Waals surface area contributed by atoms with Crippen molar-refractivity contribution in [3.8, 4) is 11.1 Å². The van der Waals surface area contributed by atoms with E-state index in [4.69, 9.17) is 5.73 Å². The summed E-state index contributed by atoms with van der Waals surface area (Å²) < 4.78 is 1.61. The summed E-state index contributed by atoms with van der Waals surface area (Å²) in [5.74, 6) is 0.139. The summed E-state index contributed by atoms with van der Waals surface area (Å²) >= 11 is 0. The van der Waals surface area contributed by atoms with Crippen molar-refractivity contribution in [3.05, 3.63) is 53.6 Å². The van der Waals surface area contributed by atoms with Crippen molar-refractivity contribution in [1.29, 1.82) is 0 Å². The Hall–Kier alpha value is -3.00. The lowest BCUT2D eigenvalue weighted by Gasteiger charge is -2.32. The molecule has 8 heteroatoms. The molecule has 1 fully saturated rings. The molecule has 1 aliphatic rings. The number of rotatable bonds is 5. The second kappa shape index (κ2) is 7.93. The van der Waals surface area contributed by atoms with E-state index in [9.17, 15) is 4.79 Å². The number of piperidine rings is 1. The summed E-state index contributed by atoms with van der Waals surface area (Å²) in [6.45, 7) is 4.46. The second-order valence-electron chi connectivity index (χ2n) is 7.31. The molecule has 1 unspecified atom stereocenters. The third-order valence-electron chi connectivity index (χ3n) is 5.26. The van der Waals surface area contributed by atoms with Crippen molar-refractivity contribution in [1.82, 2.24) is 30.1 Å². The standard InChI is InChI=1S/C20H25N7O/c1-14-4-6-15(7-5-14)17-11-22-24-19(17)16-3-2-9-26(12-16)20(28)18-13-27(10-8-21)25-23-18/h4-7,11,13,16H,2-3,8-10,12,21H2,1H3,(H,22,24). The van der Waals surface area contributed by atoms with E-state index in [0.29, 0.717) is 25.3 Å². The van der Waals surface area contributed by atoms with Crippen LogP contribution in [0.4, 0.5) is 0 Å². The van der Waals surface area contributed by atoms with Crippen LogP contribution < -0.4 is 5.73 Å². The molecule has 0 radical (unpaired) electrons. The van der Waals surface area contributed by atoms with Crippen LogP contribution in [0.2, 0.25) is 0 Å². The number of hydrogen-bond donors (Lipinski definition) is 2. The highest BCUT2D eigenvalue weighted by Crippen LogP contribution is 2.33. The summed E-state index contributed by atoms with van der Waals surface area (Å²) in [5, 5.41) is 15.4. The van der Waals surface area contributed by atoms with Gasteiger partial charge in [-0.2, -0.15) is 5.10 Å². The van der Waals surface area contributed by atoms with Crippen molar-refractivity contribution < 1.29 is 4.79 Å². The van der Waals surface area contributed by atoms with E-state index in [1.165, 1.54) is 5.56 Å². The maximum absolute atomic E-state index is 12.9. The Kier molecular flexibility index (Phi) is 5.21. The van der Waals surface area contributed by atoms with Crippen LogP contribution in [0, 0.1) is 6.92 Å². The fraction of sp³-hybridized carbons (Fsp3) is 0.400. The van der Waals surface area contributed by atoms with Gasteiger partial charge in [0.2, 0.25) is 0 Å². The van der Waals surface area contributed by atoms with Gasteiger partial charge in [-0.3, -0.25) is 14.6 Å². The lowest BCUT2D eigenvalue weighted by Crippen LogP contribution is -2.39. The Morgan fingerprint density at radius 2 is 2.14 bits per heavy atom. The molecule has 0 aliphatic carbocycles. The molecule has 1 amide bonds. The molecule has 3 N–H and O–H groups in total. The number of likely N-dealkylation sites (tertiary alicyclic amines) is 1. The maximum atomic E-state index is 12.9. The van der Waals surface area contributed by atoms with Gasteiger partial charge in [0, 0.05) is 36.8 Å². The molecule has 2 aromatic heterocycles. The quantitative estimate of drug-likeness (QED) is 0.705. The first kappa shape index (κ1) is 18.4. The topological polar surface area (TPSA) is 106 Å². The highest BCUT2D eigenvalue weighted by Gasteiger charge is 2.29. The van der Waals surface area contributed by atoms with Gasteiger partial charge in [-0.05, 0) is 25.3 Å². The SMILES string of the molecule is Cc1ccc(-c2cn[nH]c2C2CCCN(C(=O)c3cn(CCN)nn3)C2)cc1. The number of nitrogens with one attached hydrogen (secondary N) is 1. The average Bonchev–Trinajstić information content (AvgIpc) is 3.38. The zero-order chi connectivity index (χ0) is 19.5. The van der Waals surface area contributed by atoms with Crippen LogP contribution in [0.5, 0.6) is 0 Å². The molecule has 146 valence electrons. The van der Waals surface area contributed by atoms with E-state index in [2.05, 4.69) is 51.7 Å². The van der Waals surface area contributed by atoms with Crippen LogP contribution >= 0.6 is 0 Å². The van der Waals surface area contributed by atoms with E-state index in [1.807, 2.05) is 11.1 Å². The number of benzene rings is 1. The first-order valence-corrected chi connectivity index (χ1v) is 9.65. The predicted octanol–water partition coefficient (Wildman–Crippen LogP) is 1.96. The van der Waals surface area contributed by atoms with Crippen molar-refractivity contribution in [2.45, 2.75) is 32.2 Å². The summed E-state index contributed by atoms with van der Waals surface area (Å²) in [6.07, 6.45) is 5.51. The van der Waals surface area contributed by atoms with Crippen LogP contribution in [0.25, 0.3) is 11.1 Å². The molecule has 1 atom stereocenters. The zero-order valence-electron chi connectivity index (χ0n) is 16.0. The number of carbonyl (C=O) groups is 1. The van der Waals surface area contributed by atoms with Crippen molar-refractivity contribution in [2.75, 3.05) is 19.6 Å². The Morgan fingerprint density at radius 1 is 1.32 bits per heavy atom. The van der Waals surface area contributed by atoms with Crippen molar-refractivity contribution in [2.24, 2.45) is 5.73 Å². The van der Waals surface area contributed by atoms with E-state index in [1.54, 1.807) is 10.9 Å². The minimum absolute atomic E-state index is 0.0793. The van der Waals surface area contributed by atoms with Crippen LogP contribution in [0.3, 0.4) is 0 Å². The highest BCUT2D eigenvalue weighted by molar-refractivity contribution is 5.92. The molecule has 4 rings (SSSR count). The van der Waals surface area contributed by atoms with Gasteiger partial charge in [-0.25, -0.2) is 0 Å². The number of nitrogens with two attached hydrogens (primary N) is 1. The monoisotopic (exact) mass is 379 g/mol. The Balaban J connectivity index is 1.52. The second-order valence-corrected chi connectivity index (χ2v) is 7.31. The number of carbonyl (C=O) groups excluding carboxylic acids is 1. The minimum Gasteiger partial charge on any atom is -0.337 e. The molecule has 8 nitrogen and oxygen atoms in total. The van der Waals surface area contributed by atoms with Gasteiger partial charge in [0.25, 0.3) is 5.91 Å². The van der Waals surface area contributed by atoms with E-state index >= 15 is 0 Å². The van der Waals surface area contributed by atoms with Gasteiger partial charge in [0.1, 0.15) is 0 Å². The number of H-pyrrole nitrogens is 1. The van der Waals surface area contributed by atoms with E-state index in [-0.39, 0.29) is 11.8 Å². The van der Waals surface area contributed by atoms with Crippen molar-refractivity contribution in [3.63, 3.8) is 0 Å². The largest absolute Gasteiger partial charge is 0.337 e. The van der Waals surface area contributed by atoms with Gasteiger partial charge >= 0.3 is 0 Å². The van der Waals surface area contributed by atoms with Crippen LogP contribution in [-0.2, 0) is 6.54 Å². The first-order valence-electron chi connectivity index (χ1n) is 9.65.